The van der Waals surface area contributed by atoms with E-state index in [1.165, 1.54) is 6.20 Å². The number of rotatable bonds is 4. The second-order valence-corrected chi connectivity index (χ2v) is 8.07. The van der Waals surface area contributed by atoms with Crippen molar-refractivity contribution in [3.8, 4) is 17.3 Å². The molecule has 2 atom stereocenters. The van der Waals surface area contributed by atoms with E-state index in [-0.39, 0.29) is 17.7 Å². The van der Waals surface area contributed by atoms with Gasteiger partial charge in [0, 0.05) is 54.0 Å². The van der Waals surface area contributed by atoms with Crippen molar-refractivity contribution >= 4 is 16.9 Å². The lowest BCUT2D eigenvalue weighted by atomic mass is 9.85. The first kappa shape index (κ1) is 20.7. The van der Waals surface area contributed by atoms with Crippen LogP contribution in [0.5, 0.6) is 0 Å². The standard InChI is InChI=1S/C22H21F3N6O/c23-22(24,25)16-12-28-21(29-17-3-4-19(17)31-5-7-32-8-6-31)30-20(16)15-11-27-18-9-13(10-26)1-2-14(15)18/h1-2,9,11-12,17,19,27H,3-8H2,(H,28,29,30)/t17-,19-/m1/s1. The van der Waals surface area contributed by atoms with Crippen LogP contribution in [0.25, 0.3) is 22.2 Å². The fourth-order valence-corrected chi connectivity index (χ4v) is 4.42. The molecule has 0 amide bonds. The Kier molecular flexibility index (Phi) is 5.23. The predicted octanol–water partition coefficient (Wildman–Crippen LogP) is 3.79. The maximum absolute atomic E-state index is 13.8. The number of fused-ring (bicyclic) bond motifs is 1. The summed E-state index contributed by atoms with van der Waals surface area (Å²) in [6.45, 7) is 3.08. The van der Waals surface area contributed by atoms with Crippen LogP contribution in [0, 0.1) is 11.3 Å². The summed E-state index contributed by atoms with van der Waals surface area (Å²) in [5.74, 6) is 0.180. The van der Waals surface area contributed by atoms with Crippen molar-refractivity contribution < 1.29 is 17.9 Å². The van der Waals surface area contributed by atoms with Crippen LogP contribution < -0.4 is 5.32 Å². The Hall–Kier alpha value is -3.16. The van der Waals surface area contributed by atoms with Gasteiger partial charge in [-0.3, -0.25) is 4.90 Å². The topological polar surface area (TPSA) is 89.9 Å². The van der Waals surface area contributed by atoms with Crippen LogP contribution in [0.15, 0.2) is 30.6 Å². The van der Waals surface area contributed by atoms with Gasteiger partial charge in [-0.15, -0.1) is 0 Å². The molecule has 1 aliphatic heterocycles. The molecular formula is C22H21F3N6O. The number of nitrogens with one attached hydrogen (secondary N) is 2. The highest BCUT2D eigenvalue weighted by Crippen LogP contribution is 2.39. The Morgan fingerprint density at radius 1 is 1.22 bits per heavy atom. The molecule has 10 heteroatoms. The fraction of sp³-hybridized carbons (Fsp3) is 0.409. The normalized spacial score (nSPS) is 21.8. The van der Waals surface area contributed by atoms with Gasteiger partial charge >= 0.3 is 6.18 Å². The van der Waals surface area contributed by atoms with Crippen molar-refractivity contribution in [2.24, 2.45) is 0 Å². The number of benzene rings is 1. The number of ether oxygens (including phenoxy) is 1. The molecule has 1 aromatic carbocycles. The molecule has 5 rings (SSSR count). The summed E-state index contributed by atoms with van der Waals surface area (Å²) in [7, 11) is 0. The molecule has 2 N–H and O–H groups in total. The van der Waals surface area contributed by atoms with Crippen molar-refractivity contribution in [2.75, 3.05) is 31.6 Å². The first-order valence-electron chi connectivity index (χ1n) is 10.5. The molecular weight excluding hydrogens is 421 g/mol. The quantitative estimate of drug-likeness (QED) is 0.639. The third-order valence-corrected chi connectivity index (χ3v) is 6.23. The molecule has 1 aliphatic carbocycles. The van der Waals surface area contributed by atoms with E-state index in [1.54, 1.807) is 18.2 Å². The van der Waals surface area contributed by atoms with Crippen LogP contribution in [0.4, 0.5) is 19.1 Å². The predicted molar refractivity (Wildman–Crippen MR) is 112 cm³/mol. The average molecular weight is 442 g/mol. The van der Waals surface area contributed by atoms with Gasteiger partial charge in [0.25, 0.3) is 0 Å². The number of alkyl halides is 3. The van der Waals surface area contributed by atoms with Crippen LogP contribution in [-0.4, -0.2) is 58.2 Å². The van der Waals surface area contributed by atoms with Gasteiger partial charge in [-0.05, 0) is 25.0 Å². The second-order valence-electron chi connectivity index (χ2n) is 8.07. The van der Waals surface area contributed by atoms with Gasteiger partial charge in [-0.1, -0.05) is 6.07 Å². The molecule has 32 heavy (non-hydrogen) atoms. The number of nitriles is 1. The summed E-state index contributed by atoms with van der Waals surface area (Å²) in [5.41, 5.74) is 0.234. The van der Waals surface area contributed by atoms with E-state index in [9.17, 15) is 13.2 Å². The molecule has 166 valence electrons. The second kappa shape index (κ2) is 8.07. The van der Waals surface area contributed by atoms with Crippen molar-refractivity contribution in [3.63, 3.8) is 0 Å². The van der Waals surface area contributed by atoms with Crippen molar-refractivity contribution in [1.82, 2.24) is 19.9 Å². The lowest BCUT2D eigenvalue weighted by molar-refractivity contribution is -0.137. The zero-order chi connectivity index (χ0) is 22.3. The number of H-pyrrole nitrogens is 1. The van der Waals surface area contributed by atoms with E-state index >= 15 is 0 Å². The smallest absolute Gasteiger partial charge is 0.379 e. The van der Waals surface area contributed by atoms with E-state index in [0.29, 0.717) is 41.3 Å². The minimum absolute atomic E-state index is 0.0823. The van der Waals surface area contributed by atoms with E-state index in [0.717, 1.165) is 32.1 Å². The largest absolute Gasteiger partial charge is 0.419 e. The van der Waals surface area contributed by atoms with Crippen LogP contribution in [0.2, 0.25) is 0 Å². The molecule has 7 nitrogen and oxygen atoms in total. The zero-order valence-corrected chi connectivity index (χ0v) is 17.1. The van der Waals surface area contributed by atoms with Crippen LogP contribution in [0.3, 0.4) is 0 Å². The molecule has 3 aromatic rings. The van der Waals surface area contributed by atoms with Gasteiger partial charge in [0.05, 0.1) is 30.5 Å². The van der Waals surface area contributed by atoms with Crippen molar-refractivity contribution in [2.45, 2.75) is 31.1 Å². The van der Waals surface area contributed by atoms with E-state index in [4.69, 9.17) is 10.00 Å². The molecule has 0 unspecified atom stereocenters. The van der Waals surface area contributed by atoms with Crippen LogP contribution in [0.1, 0.15) is 24.0 Å². The maximum atomic E-state index is 13.8. The van der Waals surface area contributed by atoms with Crippen LogP contribution in [-0.2, 0) is 10.9 Å². The Balaban J connectivity index is 1.48. The molecule has 1 saturated carbocycles. The first-order valence-corrected chi connectivity index (χ1v) is 10.5. The number of nitrogens with zero attached hydrogens (tertiary/aromatic N) is 4. The summed E-state index contributed by atoms with van der Waals surface area (Å²) in [4.78, 5) is 13.6. The molecule has 3 heterocycles. The highest BCUT2D eigenvalue weighted by molar-refractivity contribution is 5.96. The molecule has 2 fully saturated rings. The number of aromatic amines is 1. The lowest BCUT2D eigenvalue weighted by Gasteiger charge is -2.45. The van der Waals surface area contributed by atoms with Gasteiger partial charge in [-0.2, -0.15) is 18.4 Å². The molecule has 0 radical (unpaired) electrons. The minimum atomic E-state index is -4.60. The molecule has 2 aromatic heterocycles. The number of hydrogen-bond acceptors (Lipinski definition) is 6. The summed E-state index contributed by atoms with van der Waals surface area (Å²) in [6.07, 6.45) is -0.333. The Bertz CT molecular complexity index is 1180. The number of hydrogen-bond donors (Lipinski definition) is 2. The third kappa shape index (κ3) is 3.78. The van der Waals surface area contributed by atoms with E-state index in [2.05, 4.69) is 25.2 Å². The van der Waals surface area contributed by atoms with Gasteiger partial charge in [-0.25, -0.2) is 9.97 Å². The number of halogens is 3. The van der Waals surface area contributed by atoms with E-state index in [1.807, 2.05) is 6.07 Å². The summed E-state index contributed by atoms with van der Waals surface area (Å²) < 4.78 is 46.7. The summed E-state index contributed by atoms with van der Waals surface area (Å²) in [5, 5.41) is 12.9. The van der Waals surface area contributed by atoms with Gasteiger partial charge in [0.15, 0.2) is 0 Å². The fourth-order valence-electron chi connectivity index (χ4n) is 4.42. The van der Waals surface area contributed by atoms with Crippen molar-refractivity contribution in [3.05, 3.63) is 41.7 Å². The highest BCUT2D eigenvalue weighted by Gasteiger charge is 2.38. The lowest BCUT2D eigenvalue weighted by Crippen LogP contribution is -2.57. The minimum Gasteiger partial charge on any atom is -0.379 e. The van der Waals surface area contributed by atoms with Crippen molar-refractivity contribution in [1.29, 1.82) is 5.26 Å². The zero-order valence-electron chi connectivity index (χ0n) is 17.1. The SMILES string of the molecule is N#Cc1ccc2c(-c3nc(N[C@@H]4CC[C@H]4N4CCOCC4)ncc3C(F)(F)F)c[nH]c2c1. The Labute approximate surface area is 182 Å². The molecule has 1 saturated heterocycles. The first-order chi connectivity index (χ1) is 15.4. The van der Waals surface area contributed by atoms with E-state index < -0.39 is 11.7 Å². The van der Waals surface area contributed by atoms with Gasteiger partial charge < -0.3 is 15.0 Å². The molecule has 0 bridgehead atoms. The monoisotopic (exact) mass is 442 g/mol. The number of anilines is 1. The number of morpholine rings is 1. The summed E-state index contributed by atoms with van der Waals surface area (Å²) in [6, 6.07) is 7.23. The highest BCUT2D eigenvalue weighted by atomic mass is 19.4. The third-order valence-electron chi connectivity index (χ3n) is 6.23. The summed E-state index contributed by atoms with van der Waals surface area (Å²) >= 11 is 0. The Morgan fingerprint density at radius 2 is 2.03 bits per heavy atom. The van der Waals surface area contributed by atoms with Crippen LogP contribution >= 0.6 is 0 Å². The molecule has 2 aliphatic rings. The number of aromatic nitrogens is 3. The van der Waals surface area contributed by atoms with Gasteiger partial charge in [0.1, 0.15) is 5.56 Å². The molecule has 0 spiro atoms. The average Bonchev–Trinajstić information content (AvgIpc) is 3.19. The Morgan fingerprint density at radius 3 is 2.72 bits per heavy atom. The van der Waals surface area contributed by atoms with Gasteiger partial charge in [0.2, 0.25) is 5.95 Å². The maximum Gasteiger partial charge on any atom is 0.419 e.